The highest BCUT2D eigenvalue weighted by atomic mass is 32.2. The van der Waals surface area contributed by atoms with Gasteiger partial charge in [-0.1, -0.05) is 12.1 Å². The van der Waals surface area contributed by atoms with Crippen LogP contribution in [0.2, 0.25) is 0 Å². The summed E-state index contributed by atoms with van der Waals surface area (Å²) in [5, 5.41) is 2.99. The van der Waals surface area contributed by atoms with Crippen molar-refractivity contribution in [2.45, 2.75) is 17.4 Å². The Morgan fingerprint density at radius 1 is 1.28 bits per heavy atom. The molecule has 29 heavy (non-hydrogen) atoms. The van der Waals surface area contributed by atoms with Gasteiger partial charge in [-0.3, -0.25) is 9.69 Å². The first-order chi connectivity index (χ1) is 14.0. The normalized spacial score (nSPS) is 21.6. The monoisotopic (exact) mass is 423 g/mol. The minimum Gasteiger partial charge on any atom is -0.381 e. The van der Waals surface area contributed by atoms with E-state index in [1.165, 1.54) is 18.2 Å². The van der Waals surface area contributed by atoms with E-state index in [4.69, 9.17) is 9.47 Å². The van der Waals surface area contributed by atoms with Crippen molar-refractivity contribution in [2.75, 3.05) is 52.6 Å². The zero-order chi connectivity index (χ0) is 20.7. The van der Waals surface area contributed by atoms with Gasteiger partial charge < -0.3 is 14.8 Å². The van der Waals surface area contributed by atoms with Crippen molar-refractivity contribution in [1.82, 2.24) is 14.9 Å². The van der Waals surface area contributed by atoms with Crippen molar-refractivity contribution in [2.24, 2.45) is 5.92 Å². The van der Waals surface area contributed by atoms with E-state index in [2.05, 4.69) is 21.5 Å². The van der Waals surface area contributed by atoms with E-state index in [9.17, 15) is 13.2 Å². The summed E-state index contributed by atoms with van der Waals surface area (Å²) in [6.45, 7) is 8.60. The van der Waals surface area contributed by atoms with E-state index < -0.39 is 10.0 Å². The largest absolute Gasteiger partial charge is 0.381 e. The smallest absolute Gasteiger partial charge is 0.251 e. The van der Waals surface area contributed by atoms with Crippen LogP contribution < -0.4 is 10.0 Å². The van der Waals surface area contributed by atoms with Crippen molar-refractivity contribution in [3.8, 4) is 0 Å². The minimum absolute atomic E-state index is 0.0564. The van der Waals surface area contributed by atoms with E-state index in [1.54, 1.807) is 12.1 Å². The van der Waals surface area contributed by atoms with E-state index in [0.29, 0.717) is 37.8 Å². The highest BCUT2D eigenvalue weighted by Gasteiger charge is 2.31. The third-order valence-corrected chi connectivity index (χ3v) is 6.74. The van der Waals surface area contributed by atoms with Crippen molar-refractivity contribution in [3.63, 3.8) is 0 Å². The minimum atomic E-state index is -3.68. The van der Waals surface area contributed by atoms with Gasteiger partial charge in [0.15, 0.2) is 0 Å². The summed E-state index contributed by atoms with van der Waals surface area (Å²) in [4.78, 5) is 15.1. The fraction of sp³-hybridized carbons (Fsp3) is 0.550. The van der Waals surface area contributed by atoms with Gasteiger partial charge in [0, 0.05) is 50.3 Å². The molecule has 9 heteroatoms. The van der Waals surface area contributed by atoms with Gasteiger partial charge in [-0.05, 0) is 24.6 Å². The number of carbonyl (C=O) groups excluding carboxylic acids is 1. The van der Waals surface area contributed by atoms with Crippen LogP contribution in [-0.2, 0) is 19.5 Å². The molecule has 1 aromatic carbocycles. The summed E-state index contributed by atoms with van der Waals surface area (Å²) < 4.78 is 38.0. The fourth-order valence-electron chi connectivity index (χ4n) is 3.72. The maximum Gasteiger partial charge on any atom is 0.251 e. The first-order valence-electron chi connectivity index (χ1n) is 9.89. The van der Waals surface area contributed by atoms with Crippen LogP contribution in [0.5, 0.6) is 0 Å². The van der Waals surface area contributed by atoms with Crippen LogP contribution in [0.4, 0.5) is 0 Å². The lowest BCUT2D eigenvalue weighted by molar-refractivity contribution is 0.00166. The lowest BCUT2D eigenvalue weighted by Gasteiger charge is -2.37. The fourth-order valence-corrected chi connectivity index (χ4v) is 4.76. The second-order valence-electron chi connectivity index (χ2n) is 7.22. The Morgan fingerprint density at radius 3 is 2.76 bits per heavy atom. The van der Waals surface area contributed by atoms with Gasteiger partial charge in [-0.25, -0.2) is 13.1 Å². The molecule has 2 aliphatic rings. The van der Waals surface area contributed by atoms with Gasteiger partial charge in [0.1, 0.15) is 0 Å². The molecule has 2 atom stereocenters. The molecule has 1 aromatic rings. The van der Waals surface area contributed by atoms with Gasteiger partial charge >= 0.3 is 0 Å². The van der Waals surface area contributed by atoms with Gasteiger partial charge in [0.25, 0.3) is 5.91 Å². The third kappa shape index (κ3) is 5.86. The summed E-state index contributed by atoms with van der Waals surface area (Å²) in [6, 6.07) is 6.22. The van der Waals surface area contributed by atoms with Crippen LogP contribution >= 0.6 is 0 Å². The molecule has 0 radical (unpaired) electrons. The highest BCUT2D eigenvalue weighted by Crippen LogP contribution is 2.22. The third-order valence-electron chi connectivity index (χ3n) is 5.32. The molecular formula is C20H29N3O5S. The number of carbonyl (C=O) groups is 1. The molecule has 0 aliphatic carbocycles. The summed E-state index contributed by atoms with van der Waals surface area (Å²) in [5.74, 6) is 0.0751. The van der Waals surface area contributed by atoms with Crippen molar-refractivity contribution in [3.05, 3.63) is 42.5 Å². The molecule has 0 saturated carbocycles. The van der Waals surface area contributed by atoms with E-state index in [0.717, 1.165) is 26.1 Å². The van der Waals surface area contributed by atoms with Crippen LogP contribution in [0.15, 0.2) is 41.8 Å². The number of amides is 1. The van der Waals surface area contributed by atoms with E-state index >= 15 is 0 Å². The molecule has 8 nitrogen and oxygen atoms in total. The molecule has 0 spiro atoms. The quantitative estimate of drug-likeness (QED) is 0.565. The maximum absolute atomic E-state index is 12.7. The molecule has 2 aliphatic heterocycles. The molecule has 1 amide bonds. The van der Waals surface area contributed by atoms with E-state index in [-0.39, 0.29) is 23.4 Å². The number of morpholine rings is 1. The molecule has 0 bridgehead atoms. The first-order valence-corrected chi connectivity index (χ1v) is 11.4. The molecule has 3 rings (SSSR count). The topological polar surface area (TPSA) is 97.0 Å². The zero-order valence-corrected chi connectivity index (χ0v) is 17.3. The molecular weight excluding hydrogens is 394 g/mol. The number of rotatable bonds is 9. The average Bonchev–Trinajstić information content (AvgIpc) is 3.28. The average molecular weight is 424 g/mol. The Labute approximate surface area is 172 Å². The van der Waals surface area contributed by atoms with Gasteiger partial charge in [-0.2, -0.15) is 0 Å². The number of ether oxygens (including phenoxy) is 2. The second kappa shape index (κ2) is 10.3. The number of nitrogens with zero attached hydrogens (tertiary/aromatic N) is 1. The van der Waals surface area contributed by atoms with Crippen LogP contribution in [0.25, 0.3) is 0 Å². The SMILES string of the molecule is C=CCNS(=O)(=O)c1cccc(C(=O)NCC(C2CCOC2)N2CCOCC2)c1. The predicted octanol–water partition coefficient (Wildman–Crippen LogP) is 0.618. The predicted molar refractivity (Wildman–Crippen MR) is 109 cm³/mol. The Morgan fingerprint density at radius 2 is 2.07 bits per heavy atom. The highest BCUT2D eigenvalue weighted by molar-refractivity contribution is 7.89. The van der Waals surface area contributed by atoms with E-state index in [1.807, 2.05) is 0 Å². The second-order valence-corrected chi connectivity index (χ2v) is 8.98. The van der Waals surface area contributed by atoms with Crippen LogP contribution in [0.3, 0.4) is 0 Å². The molecule has 160 valence electrons. The lowest BCUT2D eigenvalue weighted by atomic mass is 9.96. The van der Waals surface area contributed by atoms with Gasteiger partial charge in [0.05, 0.1) is 24.7 Å². The Kier molecular flexibility index (Phi) is 7.79. The van der Waals surface area contributed by atoms with Crippen molar-refractivity contribution >= 4 is 15.9 Å². The van der Waals surface area contributed by atoms with Crippen LogP contribution in [0.1, 0.15) is 16.8 Å². The van der Waals surface area contributed by atoms with Gasteiger partial charge in [0.2, 0.25) is 10.0 Å². The molecule has 2 heterocycles. The Balaban J connectivity index is 1.66. The maximum atomic E-state index is 12.7. The summed E-state index contributed by atoms with van der Waals surface area (Å²) >= 11 is 0. The summed E-state index contributed by atoms with van der Waals surface area (Å²) in [6.07, 6.45) is 2.44. The molecule has 2 unspecified atom stereocenters. The molecule has 2 saturated heterocycles. The van der Waals surface area contributed by atoms with Crippen molar-refractivity contribution < 1.29 is 22.7 Å². The Bertz CT molecular complexity index is 802. The zero-order valence-electron chi connectivity index (χ0n) is 16.5. The van der Waals surface area contributed by atoms with Crippen molar-refractivity contribution in [1.29, 1.82) is 0 Å². The lowest BCUT2D eigenvalue weighted by Crippen LogP contribution is -2.52. The number of benzene rings is 1. The molecule has 2 fully saturated rings. The molecule has 2 N–H and O–H groups in total. The number of hydrogen-bond acceptors (Lipinski definition) is 6. The number of sulfonamides is 1. The number of nitrogens with one attached hydrogen (secondary N) is 2. The number of hydrogen-bond donors (Lipinski definition) is 2. The van der Waals surface area contributed by atoms with Gasteiger partial charge in [-0.15, -0.1) is 6.58 Å². The summed E-state index contributed by atoms with van der Waals surface area (Å²) in [5.41, 5.74) is 0.315. The molecule has 0 aromatic heterocycles. The van der Waals surface area contributed by atoms with Crippen LogP contribution in [-0.4, -0.2) is 77.9 Å². The Hall–Kier alpha value is -1.78. The summed E-state index contributed by atoms with van der Waals surface area (Å²) in [7, 11) is -3.68. The van der Waals surface area contributed by atoms with Crippen LogP contribution in [0, 0.1) is 5.92 Å². The first kappa shape index (κ1) is 21.9. The standard InChI is InChI=1S/C20H29N3O5S/c1-2-7-22-29(25,26)18-5-3-4-16(13-18)20(24)21-14-19(17-6-10-28-15-17)23-8-11-27-12-9-23/h2-5,13,17,19,22H,1,6-12,14-15H2,(H,21,24).